The fourth-order valence-electron chi connectivity index (χ4n) is 3.65. The van der Waals surface area contributed by atoms with E-state index in [9.17, 15) is 0 Å². The van der Waals surface area contributed by atoms with E-state index < -0.39 is 0 Å². The Balaban J connectivity index is 0.00000169. The van der Waals surface area contributed by atoms with Crippen molar-refractivity contribution in [2.24, 2.45) is 0 Å². The maximum absolute atomic E-state index is 5.91. The quantitative estimate of drug-likeness (QED) is 0.859. The van der Waals surface area contributed by atoms with E-state index in [1.165, 1.54) is 17.5 Å². The van der Waals surface area contributed by atoms with Crippen LogP contribution in [0.25, 0.3) is 0 Å². The number of benzene rings is 2. The van der Waals surface area contributed by atoms with E-state index in [2.05, 4.69) is 29.2 Å². The summed E-state index contributed by atoms with van der Waals surface area (Å²) in [7, 11) is 0. The predicted molar refractivity (Wildman–Crippen MR) is 97.9 cm³/mol. The number of ether oxygens (including phenoxy) is 2. The van der Waals surface area contributed by atoms with Crippen LogP contribution in [0.1, 0.15) is 30.0 Å². The number of halogens is 1. The second-order valence-electron chi connectivity index (χ2n) is 6.24. The summed E-state index contributed by atoms with van der Waals surface area (Å²) in [6.07, 6.45) is 2.36. The minimum atomic E-state index is 0. The van der Waals surface area contributed by atoms with Gasteiger partial charge in [0, 0.05) is 23.8 Å². The summed E-state index contributed by atoms with van der Waals surface area (Å²) in [6.45, 7) is 3.28. The van der Waals surface area contributed by atoms with Gasteiger partial charge in [-0.1, -0.05) is 24.3 Å². The van der Waals surface area contributed by atoms with Crippen LogP contribution in [0.15, 0.2) is 42.5 Å². The Bertz CT molecular complexity index is 708. The van der Waals surface area contributed by atoms with E-state index in [4.69, 9.17) is 15.2 Å². The van der Waals surface area contributed by atoms with E-state index in [-0.39, 0.29) is 12.4 Å². The highest BCUT2D eigenvalue weighted by molar-refractivity contribution is 5.85. The number of fused-ring (bicyclic) bond motifs is 1. The first-order valence-corrected chi connectivity index (χ1v) is 8.28. The van der Waals surface area contributed by atoms with Crippen LogP contribution in [0.3, 0.4) is 0 Å². The Morgan fingerprint density at radius 2 is 1.92 bits per heavy atom. The van der Waals surface area contributed by atoms with Gasteiger partial charge in [-0.2, -0.15) is 0 Å². The standard InChI is InChI=1S/C19H22N2O2.ClH/c20-15-5-1-4-14(12-15)13-21-9-3-7-17(21)16-6-2-8-18-19(16)23-11-10-22-18;/h1-2,4-6,8,12,17H,3,7,9-11,13,20H2;1H. The number of para-hydroxylation sites is 1. The van der Waals surface area contributed by atoms with Gasteiger partial charge in [-0.25, -0.2) is 0 Å². The molecule has 0 amide bonds. The third-order valence-corrected chi connectivity index (χ3v) is 4.66. The molecule has 2 aliphatic heterocycles. The summed E-state index contributed by atoms with van der Waals surface area (Å²) in [5.41, 5.74) is 9.26. The molecule has 24 heavy (non-hydrogen) atoms. The van der Waals surface area contributed by atoms with E-state index in [0.29, 0.717) is 19.3 Å². The van der Waals surface area contributed by atoms with Gasteiger partial charge < -0.3 is 15.2 Å². The largest absolute Gasteiger partial charge is 0.486 e. The van der Waals surface area contributed by atoms with Gasteiger partial charge in [0.1, 0.15) is 13.2 Å². The highest BCUT2D eigenvalue weighted by atomic mass is 35.5. The Labute approximate surface area is 149 Å². The molecule has 0 radical (unpaired) electrons. The van der Waals surface area contributed by atoms with E-state index in [0.717, 1.165) is 36.7 Å². The van der Waals surface area contributed by atoms with Gasteiger partial charge in [-0.3, -0.25) is 4.90 Å². The lowest BCUT2D eigenvalue weighted by Crippen LogP contribution is -2.24. The van der Waals surface area contributed by atoms with E-state index in [1.807, 2.05) is 18.2 Å². The minimum absolute atomic E-state index is 0. The second-order valence-corrected chi connectivity index (χ2v) is 6.24. The number of rotatable bonds is 3. The summed E-state index contributed by atoms with van der Waals surface area (Å²) in [4.78, 5) is 2.52. The van der Waals surface area contributed by atoms with Crippen LogP contribution in [0, 0.1) is 0 Å². The molecule has 4 nitrogen and oxygen atoms in total. The first-order valence-electron chi connectivity index (χ1n) is 8.28. The molecule has 1 unspecified atom stereocenters. The molecule has 0 spiro atoms. The molecule has 4 rings (SSSR count). The molecule has 2 heterocycles. The molecule has 2 aliphatic rings. The van der Waals surface area contributed by atoms with Crippen LogP contribution in [0.2, 0.25) is 0 Å². The van der Waals surface area contributed by atoms with Gasteiger partial charge in [-0.05, 0) is 43.1 Å². The molecule has 1 atom stereocenters. The van der Waals surface area contributed by atoms with Crippen LogP contribution in [0.5, 0.6) is 11.5 Å². The van der Waals surface area contributed by atoms with Gasteiger partial charge in [0.05, 0.1) is 0 Å². The highest BCUT2D eigenvalue weighted by Crippen LogP contribution is 2.43. The van der Waals surface area contributed by atoms with Crippen molar-refractivity contribution in [3.63, 3.8) is 0 Å². The first kappa shape index (κ1) is 16.9. The van der Waals surface area contributed by atoms with Gasteiger partial charge in [-0.15, -0.1) is 12.4 Å². The number of nitrogen functional groups attached to an aromatic ring is 1. The number of anilines is 1. The van der Waals surface area contributed by atoms with Gasteiger partial charge >= 0.3 is 0 Å². The summed E-state index contributed by atoms with van der Waals surface area (Å²) >= 11 is 0. The maximum Gasteiger partial charge on any atom is 0.166 e. The summed E-state index contributed by atoms with van der Waals surface area (Å²) in [5, 5.41) is 0. The average Bonchev–Trinajstić information content (AvgIpc) is 3.02. The molecule has 1 fully saturated rings. The fraction of sp³-hybridized carbons (Fsp3) is 0.368. The molecule has 2 aromatic carbocycles. The second kappa shape index (κ2) is 7.32. The predicted octanol–water partition coefficient (Wildman–Crippen LogP) is 3.80. The van der Waals surface area contributed by atoms with Crippen LogP contribution in [0.4, 0.5) is 5.69 Å². The fourth-order valence-corrected chi connectivity index (χ4v) is 3.65. The molecule has 2 N–H and O–H groups in total. The average molecular weight is 347 g/mol. The molecule has 0 saturated carbocycles. The summed E-state index contributed by atoms with van der Waals surface area (Å²) in [6, 6.07) is 14.8. The third-order valence-electron chi connectivity index (χ3n) is 4.66. The summed E-state index contributed by atoms with van der Waals surface area (Å²) in [5.74, 6) is 1.81. The normalized spacial score (nSPS) is 19.8. The SMILES string of the molecule is Cl.Nc1cccc(CN2CCCC2c2cccc3c2OCCO3)c1. The number of hydrogen-bond acceptors (Lipinski definition) is 4. The zero-order valence-electron chi connectivity index (χ0n) is 13.6. The van der Waals surface area contributed by atoms with Crippen molar-refractivity contribution in [1.82, 2.24) is 4.90 Å². The Kier molecular flexibility index (Phi) is 5.17. The maximum atomic E-state index is 5.91. The zero-order valence-corrected chi connectivity index (χ0v) is 14.4. The molecule has 0 bridgehead atoms. The number of hydrogen-bond donors (Lipinski definition) is 1. The van der Waals surface area contributed by atoms with Crippen LogP contribution >= 0.6 is 12.4 Å². The van der Waals surface area contributed by atoms with Crippen LogP contribution < -0.4 is 15.2 Å². The monoisotopic (exact) mass is 346 g/mol. The molecule has 2 aromatic rings. The van der Waals surface area contributed by atoms with Crippen LogP contribution in [-0.2, 0) is 6.54 Å². The van der Waals surface area contributed by atoms with Gasteiger partial charge in [0.2, 0.25) is 0 Å². The van der Waals surface area contributed by atoms with Crippen molar-refractivity contribution in [2.45, 2.75) is 25.4 Å². The molecular formula is C19H23ClN2O2. The van der Waals surface area contributed by atoms with Crippen molar-refractivity contribution in [2.75, 3.05) is 25.5 Å². The van der Waals surface area contributed by atoms with Crippen molar-refractivity contribution < 1.29 is 9.47 Å². The third kappa shape index (κ3) is 3.30. The lowest BCUT2D eigenvalue weighted by molar-refractivity contribution is 0.163. The summed E-state index contributed by atoms with van der Waals surface area (Å²) < 4.78 is 11.6. The minimum Gasteiger partial charge on any atom is -0.486 e. The van der Waals surface area contributed by atoms with Crippen molar-refractivity contribution in [3.05, 3.63) is 53.6 Å². The van der Waals surface area contributed by atoms with Crippen molar-refractivity contribution in [3.8, 4) is 11.5 Å². The Morgan fingerprint density at radius 1 is 1.08 bits per heavy atom. The molecule has 1 saturated heterocycles. The Hall–Kier alpha value is -1.91. The topological polar surface area (TPSA) is 47.7 Å². The molecule has 0 aromatic heterocycles. The smallest absolute Gasteiger partial charge is 0.166 e. The zero-order chi connectivity index (χ0) is 15.6. The molecular weight excluding hydrogens is 324 g/mol. The van der Waals surface area contributed by atoms with E-state index in [1.54, 1.807) is 0 Å². The number of nitrogens with two attached hydrogens (primary N) is 1. The first-order chi connectivity index (χ1) is 11.3. The van der Waals surface area contributed by atoms with Gasteiger partial charge in [0.15, 0.2) is 11.5 Å². The van der Waals surface area contributed by atoms with Crippen LogP contribution in [-0.4, -0.2) is 24.7 Å². The molecule has 0 aliphatic carbocycles. The number of nitrogens with zero attached hydrogens (tertiary/aromatic N) is 1. The lowest BCUT2D eigenvalue weighted by atomic mass is 10.0. The number of likely N-dealkylation sites (tertiary alicyclic amines) is 1. The van der Waals surface area contributed by atoms with E-state index >= 15 is 0 Å². The van der Waals surface area contributed by atoms with Crippen molar-refractivity contribution >= 4 is 18.1 Å². The van der Waals surface area contributed by atoms with Gasteiger partial charge in [0.25, 0.3) is 0 Å². The molecule has 128 valence electrons. The Morgan fingerprint density at radius 3 is 2.79 bits per heavy atom. The lowest BCUT2D eigenvalue weighted by Gasteiger charge is -2.29. The highest BCUT2D eigenvalue weighted by Gasteiger charge is 2.30. The van der Waals surface area contributed by atoms with Crippen molar-refractivity contribution in [1.29, 1.82) is 0 Å². The molecule has 5 heteroatoms.